The summed E-state index contributed by atoms with van der Waals surface area (Å²) in [5.74, 6) is 1.04. The summed E-state index contributed by atoms with van der Waals surface area (Å²) in [6.07, 6.45) is 1.04. The number of fused-ring (bicyclic) bond motifs is 1. The van der Waals surface area contributed by atoms with Crippen LogP contribution in [0.3, 0.4) is 0 Å². The Morgan fingerprint density at radius 3 is 2.78 bits per heavy atom. The predicted molar refractivity (Wildman–Crippen MR) is 74.9 cm³/mol. The zero-order valence-corrected chi connectivity index (χ0v) is 11.8. The number of benzene rings is 1. The molecule has 0 spiro atoms. The summed E-state index contributed by atoms with van der Waals surface area (Å²) < 4.78 is 5.76. The first-order valence-electron chi connectivity index (χ1n) is 6.67. The maximum Gasteiger partial charge on any atom is 0.124 e. The first kappa shape index (κ1) is 13.4. The normalized spacial score (nSPS) is 19.2. The summed E-state index contributed by atoms with van der Waals surface area (Å²) in [4.78, 5) is 0. The molecular formula is C15H24N2O. The number of ether oxygens (including phenoxy) is 1. The van der Waals surface area contributed by atoms with Gasteiger partial charge in [0.25, 0.3) is 0 Å². The quantitative estimate of drug-likeness (QED) is 0.862. The smallest absolute Gasteiger partial charge is 0.124 e. The molecule has 1 aliphatic rings. The van der Waals surface area contributed by atoms with Gasteiger partial charge >= 0.3 is 0 Å². The Kier molecular flexibility index (Phi) is 3.93. The maximum absolute atomic E-state index is 5.76. The highest BCUT2D eigenvalue weighted by molar-refractivity contribution is 5.41. The van der Waals surface area contributed by atoms with Crippen LogP contribution >= 0.6 is 0 Å². The lowest BCUT2D eigenvalue weighted by Crippen LogP contribution is -2.35. The van der Waals surface area contributed by atoms with E-state index in [1.54, 1.807) is 0 Å². The summed E-state index contributed by atoms with van der Waals surface area (Å²) in [5.41, 5.74) is 2.70. The third-order valence-corrected chi connectivity index (χ3v) is 3.29. The molecule has 0 radical (unpaired) electrons. The molecule has 0 amide bonds. The van der Waals surface area contributed by atoms with Crippen LogP contribution in [0.5, 0.6) is 5.75 Å². The van der Waals surface area contributed by atoms with Gasteiger partial charge in [-0.25, -0.2) is 0 Å². The summed E-state index contributed by atoms with van der Waals surface area (Å²) in [6, 6.07) is 6.97. The molecule has 2 N–H and O–H groups in total. The van der Waals surface area contributed by atoms with E-state index in [1.165, 1.54) is 11.1 Å². The zero-order valence-electron chi connectivity index (χ0n) is 11.8. The van der Waals surface area contributed by atoms with Gasteiger partial charge in [-0.1, -0.05) is 12.1 Å². The van der Waals surface area contributed by atoms with Gasteiger partial charge in [-0.2, -0.15) is 0 Å². The van der Waals surface area contributed by atoms with E-state index in [-0.39, 0.29) is 5.54 Å². The molecule has 1 unspecified atom stereocenters. The van der Waals surface area contributed by atoms with Crippen molar-refractivity contribution in [3.05, 3.63) is 29.3 Å². The minimum atomic E-state index is 0.143. The molecule has 0 bridgehead atoms. The average Bonchev–Trinajstić information content (AvgIpc) is 2.34. The van der Waals surface area contributed by atoms with Crippen LogP contribution in [0.1, 0.15) is 44.4 Å². The van der Waals surface area contributed by atoms with E-state index in [2.05, 4.69) is 49.6 Å². The van der Waals surface area contributed by atoms with Gasteiger partial charge in [-0.05, 0) is 39.4 Å². The van der Waals surface area contributed by atoms with Gasteiger partial charge in [0, 0.05) is 30.1 Å². The van der Waals surface area contributed by atoms with Crippen molar-refractivity contribution in [3.63, 3.8) is 0 Å². The van der Waals surface area contributed by atoms with Gasteiger partial charge in [-0.3, -0.25) is 0 Å². The van der Waals surface area contributed by atoms with E-state index < -0.39 is 0 Å². The lowest BCUT2D eigenvalue weighted by atomic mass is 9.98. The van der Waals surface area contributed by atoms with Crippen LogP contribution < -0.4 is 15.4 Å². The maximum atomic E-state index is 5.76. The van der Waals surface area contributed by atoms with Crippen LogP contribution in [-0.4, -0.2) is 19.2 Å². The van der Waals surface area contributed by atoms with Gasteiger partial charge in [0.1, 0.15) is 5.75 Å². The average molecular weight is 248 g/mol. The third kappa shape index (κ3) is 3.24. The zero-order chi connectivity index (χ0) is 13.2. The second-order valence-corrected chi connectivity index (χ2v) is 5.95. The first-order valence-corrected chi connectivity index (χ1v) is 6.67. The fourth-order valence-corrected chi connectivity index (χ4v) is 2.21. The molecule has 18 heavy (non-hydrogen) atoms. The van der Waals surface area contributed by atoms with E-state index >= 15 is 0 Å². The van der Waals surface area contributed by atoms with Crippen molar-refractivity contribution in [2.75, 3.05) is 13.7 Å². The molecule has 1 aromatic carbocycles. The molecule has 1 atom stereocenters. The Morgan fingerprint density at radius 1 is 1.33 bits per heavy atom. The summed E-state index contributed by atoms with van der Waals surface area (Å²) >= 11 is 0. The topological polar surface area (TPSA) is 33.3 Å². The standard InChI is InChI=1S/C15H24N2O/c1-15(2,3)17-10-11-5-6-12-13(16-4)7-8-18-14(12)9-11/h5-6,9,13,16-17H,7-8,10H2,1-4H3. The summed E-state index contributed by atoms with van der Waals surface area (Å²) in [6.45, 7) is 8.22. The predicted octanol–water partition coefficient (Wildman–Crippen LogP) is 2.62. The highest BCUT2D eigenvalue weighted by Crippen LogP contribution is 2.32. The highest BCUT2D eigenvalue weighted by atomic mass is 16.5. The number of nitrogens with one attached hydrogen (secondary N) is 2. The van der Waals surface area contributed by atoms with Crippen molar-refractivity contribution < 1.29 is 4.74 Å². The third-order valence-electron chi connectivity index (χ3n) is 3.29. The van der Waals surface area contributed by atoms with Crippen LogP contribution in [0.4, 0.5) is 0 Å². The van der Waals surface area contributed by atoms with Gasteiger partial charge in [0.05, 0.1) is 6.61 Å². The van der Waals surface area contributed by atoms with Crippen molar-refractivity contribution in [2.24, 2.45) is 0 Å². The number of hydrogen-bond acceptors (Lipinski definition) is 3. The molecule has 2 rings (SSSR count). The molecule has 0 aromatic heterocycles. The Hall–Kier alpha value is -1.06. The monoisotopic (exact) mass is 248 g/mol. The Morgan fingerprint density at radius 2 is 2.11 bits per heavy atom. The largest absolute Gasteiger partial charge is 0.493 e. The Balaban J connectivity index is 2.12. The van der Waals surface area contributed by atoms with Gasteiger partial charge in [0.2, 0.25) is 0 Å². The fourth-order valence-electron chi connectivity index (χ4n) is 2.21. The number of rotatable bonds is 3. The van der Waals surface area contributed by atoms with E-state index in [0.29, 0.717) is 6.04 Å². The van der Waals surface area contributed by atoms with E-state index in [9.17, 15) is 0 Å². The summed E-state index contributed by atoms with van der Waals surface area (Å²) in [5, 5.41) is 6.84. The number of hydrogen-bond donors (Lipinski definition) is 2. The first-order chi connectivity index (χ1) is 8.49. The fraction of sp³-hybridized carbons (Fsp3) is 0.600. The lowest BCUT2D eigenvalue weighted by Gasteiger charge is -2.26. The van der Waals surface area contributed by atoms with E-state index in [1.807, 2.05) is 7.05 Å². The Bertz CT molecular complexity index is 409. The molecule has 1 aromatic rings. The molecule has 1 aliphatic heterocycles. The minimum absolute atomic E-state index is 0.143. The molecule has 100 valence electrons. The van der Waals surface area contributed by atoms with Crippen molar-refractivity contribution >= 4 is 0 Å². The van der Waals surface area contributed by atoms with Crippen molar-refractivity contribution in [3.8, 4) is 5.75 Å². The van der Waals surface area contributed by atoms with Crippen LogP contribution in [0.2, 0.25) is 0 Å². The van der Waals surface area contributed by atoms with Gasteiger partial charge in [0.15, 0.2) is 0 Å². The van der Waals surface area contributed by atoms with Crippen LogP contribution in [0.15, 0.2) is 18.2 Å². The van der Waals surface area contributed by atoms with Crippen molar-refractivity contribution in [1.29, 1.82) is 0 Å². The molecule has 1 heterocycles. The second kappa shape index (κ2) is 5.29. The van der Waals surface area contributed by atoms with E-state index in [4.69, 9.17) is 4.74 Å². The molecule has 3 heteroatoms. The van der Waals surface area contributed by atoms with E-state index in [0.717, 1.165) is 25.3 Å². The Labute approximate surface area is 110 Å². The minimum Gasteiger partial charge on any atom is -0.493 e. The molecule has 0 saturated carbocycles. The summed E-state index contributed by atoms with van der Waals surface area (Å²) in [7, 11) is 2.01. The molecule has 0 fully saturated rings. The molecule has 3 nitrogen and oxygen atoms in total. The van der Waals surface area contributed by atoms with Crippen molar-refractivity contribution in [2.45, 2.75) is 45.3 Å². The van der Waals surface area contributed by atoms with Crippen LogP contribution in [0.25, 0.3) is 0 Å². The molecule has 0 aliphatic carbocycles. The van der Waals surface area contributed by atoms with Gasteiger partial charge < -0.3 is 15.4 Å². The van der Waals surface area contributed by atoms with Gasteiger partial charge in [-0.15, -0.1) is 0 Å². The SMILES string of the molecule is CNC1CCOc2cc(CNC(C)(C)C)ccc21. The second-order valence-electron chi connectivity index (χ2n) is 5.95. The molecular weight excluding hydrogens is 224 g/mol. The van der Waals surface area contributed by atoms with Crippen LogP contribution in [-0.2, 0) is 6.54 Å². The lowest BCUT2D eigenvalue weighted by molar-refractivity contribution is 0.257. The highest BCUT2D eigenvalue weighted by Gasteiger charge is 2.20. The van der Waals surface area contributed by atoms with Crippen molar-refractivity contribution in [1.82, 2.24) is 10.6 Å². The van der Waals surface area contributed by atoms with Crippen LogP contribution in [0, 0.1) is 0 Å². The molecule has 0 saturated heterocycles.